The van der Waals surface area contributed by atoms with Crippen LogP contribution < -0.4 is 4.74 Å². The lowest BCUT2D eigenvalue weighted by Gasteiger charge is -2.11. The smallest absolute Gasteiger partial charge is 0.293 e. The number of nitrogens with zero attached hydrogens (tertiary/aromatic N) is 1. The van der Waals surface area contributed by atoms with Gasteiger partial charge in [-0.25, -0.2) is 0 Å². The van der Waals surface area contributed by atoms with Crippen LogP contribution in [0.2, 0.25) is 10.0 Å². The van der Waals surface area contributed by atoms with Gasteiger partial charge in [0.05, 0.1) is 31.7 Å². The first-order chi connectivity index (χ1) is 13.9. The number of imide groups is 1. The molecule has 2 amide bonds. The summed E-state index contributed by atoms with van der Waals surface area (Å²) in [4.78, 5) is 26.0. The molecule has 0 bridgehead atoms. The maximum absolute atomic E-state index is 12.4. The first-order valence-corrected chi connectivity index (χ1v) is 11.1. The standard InChI is InChI=1S/C20H16Cl2INO4S/c1-27-7-6-24-19(25)18(29-20(24)26)10-12-3-5-17(16(23)9-12)28-11-13-2-4-14(21)15(22)8-13/h2-5,8-10H,6-7,11H2,1H3/b18-10+. The highest BCUT2D eigenvalue weighted by Gasteiger charge is 2.34. The highest BCUT2D eigenvalue weighted by atomic mass is 127. The molecule has 1 saturated heterocycles. The van der Waals surface area contributed by atoms with Crippen molar-refractivity contribution >= 4 is 74.8 Å². The monoisotopic (exact) mass is 563 g/mol. The Morgan fingerprint density at radius 2 is 1.93 bits per heavy atom. The molecule has 1 heterocycles. The van der Waals surface area contributed by atoms with Crippen LogP contribution in [-0.4, -0.2) is 36.3 Å². The van der Waals surface area contributed by atoms with Gasteiger partial charge in [0.25, 0.3) is 11.1 Å². The minimum atomic E-state index is -0.299. The molecule has 9 heteroatoms. The molecule has 0 radical (unpaired) electrons. The average Bonchev–Trinajstić information content (AvgIpc) is 2.95. The molecule has 2 aromatic rings. The van der Waals surface area contributed by atoms with E-state index in [9.17, 15) is 9.59 Å². The molecule has 2 aromatic carbocycles. The molecule has 29 heavy (non-hydrogen) atoms. The van der Waals surface area contributed by atoms with Crippen LogP contribution in [0.1, 0.15) is 11.1 Å². The molecule has 0 unspecified atom stereocenters. The van der Waals surface area contributed by atoms with Gasteiger partial charge in [0.2, 0.25) is 0 Å². The average molecular weight is 564 g/mol. The van der Waals surface area contributed by atoms with Crippen molar-refractivity contribution < 1.29 is 19.1 Å². The number of benzene rings is 2. The van der Waals surface area contributed by atoms with E-state index in [2.05, 4.69) is 22.6 Å². The Hall–Kier alpha value is -1.26. The van der Waals surface area contributed by atoms with Crippen LogP contribution in [0, 0.1) is 3.57 Å². The van der Waals surface area contributed by atoms with E-state index in [1.807, 2.05) is 24.3 Å². The maximum Gasteiger partial charge on any atom is 0.293 e. The van der Waals surface area contributed by atoms with Gasteiger partial charge in [-0.2, -0.15) is 0 Å². The van der Waals surface area contributed by atoms with E-state index < -0.39 is 0 Å². The molecular weight excluding hydrogens is 548 g/mol. The maximum atomic E-state index is 12.4. The number of carbonyl (C=O) groups excluding carboxylic acids is 2. The van der Waals surface area contributed by atoms with Crippen LogP contribution >= 0.6 is 57.6 Å². The van der Waals surface area contributed by atoms with Crippen molar-refractivity contribution in [3.63, 3.8) is 0 Å². The molecule has 1 fully saturated rings. The number of thioether (sulfide) groups is 1. The lowest BCUT2D eigenvalue weighted by molar-refractivity contribution is -0.123. The third-order valence-electron chi connectivity index (χ3n) is 4.02. The summed E-state index contributed by atoms with van der Waals surface area (Å²) in [6.45, 7) is 0.913. The van der Waals surface area contributed by atoms with Crippen LogP contribution in [0.3, 0.4) is 0 Å². The van der Waals surface area contributed by atoms with Crippen LogP contribution in [0.4, 0.5) is 4.79 Å². The van der Waals surface area contributed by atoms with Gasteiger partial charge in [0, 0.05) is 7.11 Å². The summed E-state index contributed by atoms with van der Waals surface area (Å²) in [7, 11) is 1.53. The summed E-state index contributed by atoms with van der Waals surface area (Å²) in [5, 5.41) is 0.702. The van der Waals surface area contributed by atoms with Gasteiger partial charge in [-0.1, -0.05) is 35.3 Å². The second-order valence-corrected chi connectivity index (χ2v) is 9.02. The summed E-state index contributed by atoms with van der Waals surface area (Å²) in [5.41, 5.74) is 1.72. The van der Waals surface area contributed by atoms with E-state index in [-0.39, 0.29) is 17.7 Å². The second-order valence-electron chi connectivity index (χ2n) is 6.05. The largest absolute Gasteiger partial charge is 0.488 e. The number of hydrogen-bond acceptors (Lipinski definition) is 5. The number of hydrogen-bond donors (Lipinski definition) is 0. The van der Waals surface area contributed by atoms with Gasteiger partial charge in [-0.15, -0.1) is 0 Å². The van der Waals surface area contributed by atoms with E-state index in [1.54, 1.807) is 18.2 Å². The zero-order valence-electron chi connectivity index (χ0n) is 15.3. The number of amides is 2. The minimum absolute atomic E-state index is 0.248. The molecule has 0 aliphatic carbocycles. The Morgan fingerprint density at radius 3 is 2.62 bits per heavy atom. The van der Waals surface area contributed by atoms with Crippen LogP contribution in [-0.2, 0) is 16.1 Å². The van der Waals surface area contributed by atoms with Gasteiger partial charge >= 0.3 is 0 Å². The Morgan fingerprint density at radius 1 is 1.14 bits per heavy atom. The molecule has 0 aromatic heterocycles. The molecular formula is C20H16Cl2INO4S. The molecule has 3 rings (SSSR count). The Kier molecular flexibility index (Phi) is 7.86. The lowest BCUT2D eigenvalue weighted by Crippen LogP contribution is -2.31. The molecule has 152 valence electrons. The summed E-state index contributed by atoms with van der Waals surface area (Å²) in [6.07, 6.45) is 1.71. The van der Waals surface area contributed by atoms with Gasteiger partial charge in [0.15, 0.2) is 0 Å². The highest BCUT2D eigenvalue weighted by Crippen LogP contribution is 2.33. The Labute approximate surface area is 196 Å². The summed E-state index contributed by atoms with van der Waals surface area (Å²) >= 11 is 15.1. The molecule has 1 aliphatic rings. The number of carbonyl (C=O) groups is 2. The predicted octanol–water partition coefficient (Wildman–Crippen LogP) is 5.86. The Bertz CT molecular complexity index is 983. The van der Waals surface area contributed by atoms with Crippen LogP contribution in [0.15, 0.2) is 41.3 Å². The molecule has 0 N–H and O–H groups in total. The Balaban J connectivity index is 1.69. The number of halogens is 3. The fraction of sp³-hybridized carbons (Fsp3) is 0.200. The zero-order chi connectivity index (χ0) is 21.0. The first kappa shape index (κ1) is 22.4. The van der Waals surface area contributed by atoms with Gasteiger partial charge in [-0.3, -0.25) is 14.5 Å². The van der Waals surface area contributed by atoms with Crippen molar-refractivity contribution in [3.05, 3.63) is 66.0 Å². The van der Waals surface area contributed by atoms with Crippen molar-refractivity contribution in [1.29, 1.82) is 0 Å². The molecule has 0 spiro atoms. The zero-order valence-corrected chi connectivity index (χ0v) is 19.8. The minimum Gasteiger partial charge on any atom is -0.488 e. The van der Waals surface area contributed by atoms with Crippen molar-refractivity contribution in [2.75, 3.05) is 20.3 Å². The third kappa shape index (κ3) is 5.67. The van der Waals surface area contributed by atoms with Gasteiger partial charge in [0.1, 0.15) is 12.4 Å². The third-order valence-corrected chi connectivity index (χ3v) is 6.51. The van der Waals surface area contributed by atoms with Crippen molar-refractivity contribution in [2.45, 2.75) is 6.61 Å². The highest BCUT2D eigenvalue weighted by molar-refractivity contribution is 14.1. The van der Waals surface area contributed by atoms with E-state index in [0.29, 0.717) is 33.9 Å². The fourth-order valence-electron chi connectivity index (χ4n) is 2.54. The second kappa shape index (κ2) is 10.2. The van der Waals surface area contributed by atoms with E-state index in [4.69, 9.17) is 32.7 Å². The van der Waals surface area contributed by atoms with E-state index in [1.165, 1.54) is 12.0 Å². The SMILES string of the molecule is COCCN1C(=O)S/C(=C/c2ccc(OCc3ccc(Cl)c(Cl)c3)c(I)c2)C1=O. The normalized spacial score (nSPS) is 15.4. The van der Waals surface area contributed by atoms with Crippen LogP contribution in [0.5, 0.6) is 5.75 Å². The number of methoxy groups -OCH3 is 1. The molecule has 1 aliphatic heterocycles. The van der Waals surface area contributed by atoms with E-state index >= 15 is 0 Å². The quantitative estimate of drug-likeness (QED) is 0.312. The summed E-state index contributed by atoms with van der Waals surface area (Å²) in [6, 6.07) is 10.9. The fourth-order valence-corrected chi connectivity index (χ4v) is 4.42. The number of ether oxygens (including phenoxy) is 2. The summed E-state index contributed by atoms with van der Waals surface area (Å²) < 4.78 is 11.7. The number of rotatable bonds is 7. The first-order valence-electron chi connectivity index (χ1n) is 8.49. The molecule has 5 nitrogen and oxygen atoms in total. The van der Waals surface area contributed by atoms with Crippen LogP contribution in [0.25, 0.3) is 6.08 Å². The lowest BCUT2D eigenvalue weighted by atomic mass is 10.2. The van der Waals surface area contributed by atoms with Crippen molar-refractivity contribution in [2.24, 2.45) is 0 Å². The van der Waals surface area contributed by atoms with Gasteiger partial charge < -0.3 is 9.47 Å². The molecule has 0 saturated carbocycles. The van der Waals surface area contributed by atoms with Crippen molar-refractivity contribution in [1.82, 2.24) is 4.90 Å². The molecule has 0 atom stereocenters. The van der Waals surface area contributed by atoms with Gasteiger partial charge in [-0.05, 0) is 75.8 Å². The van der Waals surface area contributed by atoms with E-state index in [0.717, 1.165) is 26.5 Å². The predicted molar refractivity (Wildman–Crippen MR) is 125 cm³/mol. The topological polar surface area (TPSA) is 55.8 Å². The summed E-state index contributed by atoms with van der Waals surface area (Å²) in [5.74, 6) is 0.411. The van der Waals surface area contributed by atoms with Crippen molar-refractivity contribution in [3.8, 4) is 5.75 Å².